The number of benzene rings is 1. The highest BCUT2D eigenvalue weighted by Gasteiger charge is 2.32. The molecule has 0 aliphatic heterocycles. The Kier molecular flexibility index (Phi) is 6.79. The third-order valence-electron chi connectivity index (χ3n) is 5.48. The van der Waals surface area contributed by atoms with Crippen LogP contribution in [0.2, 0.25) is 0 Å². The summed E-state index contributed by atoms with van der Waals surface area (Å²) < 4.78 is 5.40. The van der Waals surface area contributed by atoms with Crippen molar-refractivity contribution in [2.75, 3.05) is 11.9 Å². The summed E-state index contributed by atoms with van der Waals surface area (Å²) in [6.07, 6.45) is 2.97. The maximum absolute atomic E-state index is 12.5. The SMILES string of the molecule is CCOc1ccc(C(=O)NC(=S)Nc2sc3c(c2C#N)CC[C@H](C(C)(C)C)C3)cc1. The maximum Gasteiger partial charge on any atom is 0.257 e. The molecule has 1 aliphatic carbocycles. The molecule has 1 aliphatic rings. The number of hydrogen-bond acceptors (Lipinski definition) is 5. The lowest BCUT2D eigenvalue weighted by Gasteiger charge is -2.33. The van der Waals surface area contributed by atoms with Gasteiger partial charge in [0.25, 0.3) is 5.91 Å². The fraction of sp³-hybridized carbons (Fsp3) is 0.435. The fourth-order valence-electron chi connectivity index (χ4n) is 3.71. The Morgan fingerprint density at radius 1 is 1.33 bits per heavy atom. The summed E-state index contributed by atoms with van der Waals surface area (Å²) in [5.41, 5.74) is 2.51. The Labute approximate surface area is 187 Å². The minimum atomic E-state index is -0.303. The number of thiophene rings is 1. The van der Waals surface area contributed by atoms with Crippen LogP contribution in [0, 0.1) is 22.7 Å². The van der Waals surface area contributed by atoms with Crippen molar-refractivity contribution in [1.29, 1.82) is 5.26 Å². The molecule has 1 heterocycles. The fourth-order valence-corrected chi connectivity index (χ4v) is 5.25. The predicted octanol–water partition coefficient (Wildman–Crippen LogP) is 5.30. The quantitative estimate of drug-likeness (QED) is 0.630. The molecule has 0 fully saturated rings. The molecule has 5 nitrogen and oxygen atoms in total. The molecule has 2 N–H and O–H groups in total. The zero-order chi connectivity index (χ0) is 21.9. The number of nitrogens with zero attached hydrogens (tertiary/aromatic N) is 1. The molecular formula is C23H27N3O2S2. The Morgan fingerprint density at radius 2 is 2.03 bits per heavy atom. The molecule has 1 amide bonds. The predicted molar refractivity (Wildman–Crippen MR) is 125 cm³/mol. The second-order valence-corrected chi connectivity index (χ2v) is 10.0. The van der Waals surface area contributed by atoms with Crippen LogP contribution in [0.4, 0.5) is 5.00 Å². The molecule has 1 aromatic carbocycles. The smallest absolute Gasteiger partial charge is 0.257 e. The van der Waals surface area contributed by atoms with Crippen LogP contribution >= 0.6 is 23.6 Å². The van der Waals surface area contributed by atoms with Crippen LogP contribution < -0.4 is 15.4 Å². The molecule has 0 radical (unpaired) electrons. The summed E-state index contributed by atoms with van der Waals surface area (Å²) in [5.74, 6) is 1.00. The maximum atomic E-state index is 12.5. The van der Waals surface area contributed by atoms with Crippen LogP contribution in [-0.2, 0) is 12.8 Å². The first-order chi connectivity index (χ1) is 14.2. The molecule has 0 spiro atoms. The van der Waals surface area contributed by atoms with Gasteiger partial charge in [0, 0.05) is 10.4 Å². The van der Waals surface area contributed by atoms with Crippen molar-refractivity contribution in [2.45, 2.75) is 47.0 Å². The van der Waals surface area contributed by atoms with Crippen LogP contribution in [0.1, 0.15) is 60.5 Å². The van der Waals surface area contributed by atoms with Crippen molar-refractivity contribution in [2.24, 2.45) is 11.3 Å². The molecule has 1 aromatic heterocycles. The molecule has 30 heavy (non-hydrogen) atoms. The summed E-state index contributed by atoms with van der Waals surface area (Å²) in [6, 6.07) is 9.22. The zero-order valence-electron chi connectivity index (χ0n) is 17.8. The number of carbonyl (C=O) groups is 1. The van der Waals surface area contributed by atoms with Crippen molar-refractivity contribution >= 4 is 39.6 Å². The number of ether oxygens (including phenoxy) is 1. The van der Waals surface area contributed by atoms with Gasteiger partial charge in [-0.05, 0) is 79.6 Å². The van der Waals surface area contributed by atoms with Gasteiger partial charge in [0.2, 0.25) is 0 Å². The van der Waals surface area contributed by atoms with E-state index in [2.05, 4.69) is 37.5 Å². The molecule has 1 atom stereocenters. The topological polar surface area (TPSA) is 74.2 Å². The molecule has 158 valence electrons. The second kappa shape index (κ2) is 9.15. The minimum absolute atomic E-state index is 0.191. The Hall–Kier alpha value is -2.43. The number of carbonyl (C=O) groups excluding carboxylic acids is 1. The van der Waals surface area contributed by atoms with Gasteiger partial charge in [-0.3, -0.25) is 10.1 Å². The van der Waals surface area contributed by atoms with E-state index in [9.17, 15) is 10.1 Å². The van der Waals surface area contributed by atoms with E-state index in [-0.39, 0.29) is 16.4 Å². The standard InChI is InChI=1S/C23H27N3O2S2/c1-5-28-16-9-6-14(7-10-16)20(27)25-22(29)26-21-18(13-24)17-11-8-15(23(2,3)4)12-19(17)30-21/h6-7,9-10,15H,5,8,11-12H2,1-4H3,(H2,25,26,27,29)/t15-/m0/s1. The lowest BCUT2D eigenvalue weighted by atomic mass is 9.72. The lowest BCUT2D eigenvalue weighted by molar-refractivity contribution is 0.0977. The number of amides is 1. The van der Waals surface area contributed by atoms with Crippen molar-refractivity contribution in [3.63, 3.8) is 0 Å². The van der Waals surface area contributed by atoms with Gasteiger partial charge in [0.05, 0.1) is 12.2 Å². The molecule has 3 rings (SSSR count). The number of anilines is 1. The molecule has 7 heteroatoms. The van der Waals surface area contributed by atoms with E-state index >= 15 is 0 Å². The van der Waals surface area contributed by atoms with Gasteiger partial charge in [0.1, 0.15) is 16.8 Å². The van der Waals surface area contributed by atoms with E-state index in [1.807, 2.05) is 6.92 Å². The molecule has 0 saturated heterocycles. The van der Waals surface area contributed by atoms with Gasteiger partial charge in [-0.25, -0.2) is 0 Å². The van der Waals surface area contributed by atoms with Crippen molar-refractivity contribution < 1.29 is 9.53 Å². The van der Waals surface area contributed by atoms with Crippen molar-refractivity contribution in [3.05, 3.63) is 45.8 Å². The van der Waals surface area contributed by atoms with Gasteiger partial charge in [-0.15, -0.1) is 11.3 Å². The zero-order valence-corrected chi connectivity index (χ0v) is 19.4. The number of thiocarbonyl (C=S) groups is 1. The van der Waals surface area contributed by atoms with Crippen molar-refractivity contribution in [3.8, 4) is 11.8 Å². The highest BCUT2D eigenvalue weighted by molar-refractivity contribution is 7.80. The van der Waals surface area contributed by atoms with E-state index < -0.39 is 0 Å². The first kappa shape index (κ1) is 22.3. The van der Waals surface area contributed by atoms with Crippen LogP contribution in [0.25, 0.3) is 0 Å². The number of hydrogen-bond donors (Lipinski definition) is 2. The molecule has 0 unspecified atom stereocenters. The highest BCUT2D eigenvalue weighted by Crippen LogP contribution is 2.43. The lowest BCUT2D eigenvalue weighted by Crippen LogP contribution is -2.34. The van der Waals surface area contributed by atoms with Crippen molar-refractivity contribution in [1.82, 2.24) is 5.32 Å². The normalized spacial score (nSPS) is 15.6. The van der Waals surface area contributed by atoms with E-state index in [0.717, 1.165) is 24.8 Å². The first-order valence-electron chi connectivity index (χ1n) is 10.1. The largest absolute Gasteiger partial charge is 0.494 e. The molecule has 0 bridgehead atoms. The van der Waals surface area contributed by atoms with E-state index in [4.69, 9.17) is 17.0 Å². The Balaban J connectivity index is 1.69. The second-order valence-electron chi connectivity index (χ2n) is 8.49. The number of nitriles is 1. The summed E-state index contributed by atoms with van der Waals surface area (Å²) >= 11 is 6.92. The number of fused-ring (bicyclic) bond motifs is 1. The van der Waals surface area contributed by atoms with Crippen LogP contribution in [0.15, 0.2) is 24.3 Å². The third-order valence-corrected chi connectivity index (χ3v) is 6.86. The third kappa shape index (κ3) is 5.00. The van der Waals surface area contributed by atoms with E-state index in [1.165, 1.54) is 4.88 Å². The van der Waals surface area contributed by atoms with Crippen LogP contribution in [0.3, 0.4) is 0 Å². The van der Waals surface area contributed by atoms with Gasteiger partial charge in [0.15, 0.2) is 5.11 Å². The molecule has 0 saturated carbocycles. The van der Waals surface area contributed by atoms with Crippen LogP contribution in [0.5, 0.6) is 5.75 Å². The van der Waals surface area contributed by atoms with E-state index in [0.29, 0.717) is 34.4 Å². The van der Waals surface area contributed by atoms with Gasteiger partial charge in [-0.1, -0.05) is 20.8 Å². The van der Waals surface area contributed by atoms with Gasteiger partial charge >= 0.3 is 0 Å². The average Bonchev–Trinajstić information content (AvgIpc) is 3.03. The number of rotatable bonds is 4. The summed E-state index contributed by atoms with van der Waals surface area (Å²) in [5, 5.41) is 16.4. The number of nitrogens with one attached hydrogen (secondary N) is 2. The first-order valence-corrected chi connectivity index (χ1v) is 11.3. The molecular weight excluding hydrogens is 414 g/mol. The van der Waals surface area contributed by atoms with E-state index in [1.54, 1.807) is 35.6 Å². The average molecular weight is 442 g/mol. The van der Waals surface area contributed by atoms with Crippen LogP contribution in [-0.4, -0.2) is 17.6 Å². The van der Waals surface area contributed by atoms with Gasteiger partial charge < -0.3 is 10.1 Å². The highest BCUT2D eigenvalue weighted by atomic mass is 32.1. The monoisotopic (exact) mass is 441 g/mol. The summed E-state index contributed by atoms with van der Waals surface area (Å²) in [7, 11) is 0. The summed E-state index contributed by atoms with van der Waals surface area (Å²) in [6.45, 7) is 9.29. The Bertz CT molecular complexity index is 982. The summed E-state index contributed by atoms with van der Waals surface area (Å²) in [4.78, 5) is 13.7. The minimum Gasteiger partial charge on any atom is -0.494 e. The molecule has 2 aromatic rings. The van der Waals surface area contributed by atoms with Gasteiger partial charge in [-0.2, -0.15) is 5.26 Å². The Morgan fingerprint density at radius 3 is 2.63 bits per heavy atom.